The standard InChI is InChI=1S/C19H27N3O3/c1-2-25-19(24)15-8-12-22(13-9-15)18(23)16-6-7-17(20-14-16)21-10-4-3-5-11-21/h6-7,14-15H,2-5,8-13H2,1H3. The molecular weight excluding hydrogens is 318 g/mol. The lowest BCUT2D eigenvalue weighted by Gasteiger charge is -2.31. The van der Waals surface area contributed by atoms with E-state index in [4.69, 9.17) is 4.74 Å². The predicted molar refractivity (Wildman–Crippen MR) is 95.6 cm³/mol. The van der Waals surface area contributed by atoms with Gasteiger partial charge in [-0.15, -0.1) is 0 Å². The maximum atomic E-state index is 12.6. The zero-order valence-corrected chi connectivity index (χ0v) is 14.9. The number of amides is 1. The van der Waals surface area contributed by atoms with Gasteiger partial charge in [-0.25, -0.2) is 4.98 Å². The summed E-state index contributed by atoms with van der Waals surface area (Å²) >= 11 is 0. The van der Waals surface area contributed by atoms with E-state index in [1.807, 2.05) is 24.0 Å². The van der Waals surface area contributed by atoms with Gasteiger partial charge < -0.3 is 14.5 Å². The van der Waals surface area contributed by atoms with Crippen molar-refractivity contribution in [2.75, 3.05) is 37.7 Å². The van der Waals surface area contributed by atoms with Gasteiger partial charge in [0.25, 0.3) is 5.91 Å². The second kappa shape index (κ2) is 8.32. The predicted octanol–water partition coefficient (Wildman–Crippen LogP) is 2.49. The Morgan fingerprint density at radius 3 is 2.44 bits per heavy atom. The van der Waals surface area contributed by atoms with Gasteiger partial charge >= 0.3 is 5.97 Å². The third-order valence-corrected chi connectivity index (χ3v) is 5.08. The van der Waals surface area contributed by atoms with Crippen LogP contribution in [0.15, 0.2) is 18.3 Å². The van der Waals surface area contributed by atoms with Gasteiger partial charge in [0.2, 0.25) is 0 Å². The van der Waals surface area contributed by atoms with E-state index in [-0.39, 0.29) is 17.8 Å². The molecular formula is C19H27N3O3. The minimum absolute atomic E-state index is 0.00000281. The zero-order valence-electron chi connectivity index (χ0n) is 14.9. The van der Waals surface area contributed by atoms with Gasteiger partial charge in [-0.2, -0.15) is 0 Å². The van der Waals surface area contributed by atoms with Crippen molar-refractivity contribution in [1.82, 2.24) is 9.88 Å². The van der Waals surface area contributed by atoms with Crippen LogP contribution in [0, 0.1) is 5.92 Å². The molecule has 6 heteroatoms. The van der Waals surface area contributed by atoms with E-state index in [0.717, 1.165) is 18.9 Å². The van der Waals surface area contributed by atoms with E-state index >= 15 is 0 Å². The molecule has 3 rings (SSSR count). The van der Waals surface area contributed by atoms with E-state index in [9.17, 15) is 9.59 Å². The van der Waals surface area contributed by atoms with Crippen LogP contribution in [0.2, 0.25) is 0 Å². The fourth-order valence-electron chi connectivity index (χ4n) is 3.58. The summed E-state index contributed by atoms with van der Waals surface area (Å²) in [5, 5.41) is 0. The summed E-state index contributed by atoms with van der Waals surface area (Å²) in [6.07, 6.45) is 6.72. The van der Waals surface area contributed by atoms with Crippen molar-refractivity contribution in [2.24, 2.45) is 5.92 Å². The summed E-state index contributed by atoms with van der Waals surface area (Å²) < 4.78 is 5.08. The Morgan fingerprint density at radius 1 is 1.12 bits per heavy atom. The SMILES string of the molecule is CCOC(=O)C1CCN(C(=O)c2ccc(N3CCCCC3)nc2)CC1. The van der Waals surface area contributed by atoms with Crippen molar-refractivity contribution in [1.29, 1.82) is 0 Å². The maximum Gasteiger partial charge on any atom is 0.309 e. The van der Waals surface area contributed by atoms with E-state index < -0.39 is 0 Å². The molecule has 6 nitrogen and oxygen atoms in total. The maximum absolute atomic E-state index is 12.6. The highest BCUT2D eigenvalue weighted by atomic mass is 16.5. The number of rotatable bonds is 4. The number of hydrogen-bond acceptors (Lipinski definition) is 5. The van der Waals surface area contributed by atoms with Crippen molar-refractivity contribution in [3.05, 3.63) is 23.9 Å². The molecule has 1 amide bonds. The third kappa shape index (κ3) is 4.30. The Labute approximate surface area is 149 Å². The van der Waals surface area contributed by atoms with Crippen molar-refractivity contribution in [3.8, 4) is 0 Å². The molecule has 1 aromatic rings. The highest BCUT2D eigenvalue weighted by Crippen LogP contribution is 2.22. The first-order valence-electron chi connectivity index (χ1n) is 9.36. The van der Waals surface area contributed by atoms with E-state index in [0.29, 0.717) is 38.1 Å². The van der Waals surface area contributed by atoms with Crippen LogP contribution >= 0.6 is 0 Å². The number of pyridine rings is 1. The number of esters is 1. The Balaban J connectivity index is 1.55. The summed E-state index contributed by atoms with van der Waals surface area (Å²) in [5.41, 5.74) is 0.621. The second-order valence-corrected chi connectivity index (χ2v) is 6.77. The van der Waals surface area contributed by atoms with Gasteiger partial charge in [0.15, 0.2) is 0 Å². The Hall–Kier alpha value is -2.11. The van der Waals surface area contributed by atoms with Gasteiger partial charge in [0, 0.05) is 32.4 Å². The number of aromatic nitrogens is 1. The molecule has 25 heavy (non-hydrogen) atoms. The number of hydrogen-bond donors (Lipinski definition) is 0. The summed E-state index contributed by atoms with van der Waals surface area (Å²) in [7, 11) is 0. The first-order chi connectivity index (χ1) is 12.2. The number of carbonyl (C=O) groups is 2. The van der Waals surface area contributed by atoms with Crippen LogP contribution in [0.25, 0.3) is 0 Å². The lowest BCUT2D eigenvalue weighted by molar-refractivity contribution is -0.149. The van der Waals surface area contributed by atoms with Crippen LogP contribution in [0.5, 0.6) is 0 Å². The molecule has 136 valence electrons. The Bertz CT molecular complexity index is 588. The first kappa shape index (κ1) is 17.7. The summed E-state index contributed by atoms with van der Waals surface area (Å²) in [4.78, 5) is 33.0. The molecule has 0 spiro atoms. The first-order valence-corrected chi connectivity index (χ1v) is 9.36. The molecule has 0 radical (unpaired) electrons. The lowest BCUT2D eigenvalue weighted by atomic mass is 9.96. The Kier molecular flexibility index (Phi) is 5.89. The molecule has 0 bridgehead atoms. The van der Waals surface area contributed by atoms with Gasteiger partial charge in [0.05, 0.1) is 18.1 Å². The van der Waals surface area contributed by atoms with Crippen molar-refractivity contribution in [3.63, 3.8) is 0 Å². The molecule has 3 heterocycles. The molecule has 1 aromatic heterocycles. The van der Waals surface area contributed by atoms with Gasteiger partial charge in [-0.1, -0.05) is 0 Å². The summed E-state index contributed by atoms with van der Waals surface area (Å²) in [5.74, 6) is 0.739. The highest BCUT2D eigenvalue weighted by molar-refractivity contribution is 5.94. The molecule has 2 saturated heterocycles. The molecule has 0 saturated carbocycles. The molecule has 0 atom stereocenters. The molecule has 0 unspecified atom stereocenters. The number of anilines is 1. The van der Waals surface area contributed by atoms with Crippen LogP contribution in [0.4, 0.5) is 5.82 Å². The zero-order chi connectivity index (χ0) is 17.6. The van der Waals surface area contributed by atoms with Crippen LogP contribution < -0.4 is 4.90 Å². The van der Waals surface area contributed by atoms with Gasteiger partial charge in [-0.05, 0) is 51.2 Å². The average molecular weight is 345 g/mol. The second-order valence-electron chi connectivity index (χ2n) is 6.77. The molecule has 0 N–H and O–H groups in total. The van der Waals surface area contributed by atoms with E-state index in [1.54, 1.807) is 6.20 Å². The molecule has 0 aliphatic carbocycles. The van der Waals surface area contributed by atoms with Crippen molar-refractivity contribution < 1.29 is 14.3 Å². The largest absolute Gasteiger partial charge is 0.466 e. The quantitative estimate of drug-likeness (QED) is 0.785. The fourth-order valence-corrected chi connectivity index (χ4v) is 3.58. The smallest absolute Gasteiger partial charge is 0.309 e. The number of likely N-dealkylation sites (tertiary alicyclic amines) is 1. The Morgan fingerprint density at radius 2 is 1.84 bits per heavy atom. The van der Waals surface area contributed by atoms with Crippen LogP contribution in [0.3, 0.4) is 0 Å². The summed E-state index contributed by atoms with van der Waals surface area (Å²) in [6, 6.07) is 3.82. The molecule has 0 aromatic carbocycles. The molecule has 2 fully saturated rings. The van der Waals surface area contributed by atoms with Gasteiger partial charge in [0.1, 0.15) is 5.82 Å². The van der Waals surface area contributed by atoms with Crippen molar-refractivity contribution in [2.45, 2.75) is 39.0 Å². The van der Waals surface area contributed by atoms with Crippen LogP contribution in [-0.4, -0.2) is 54.5 Å². The monoisotopic (exact) mass is 345 g/mol. The van der Waals surface area contributed by atoms with Gasteiger partial charge in [-0.3, -0.25) is 9.59 Å². The summed E-state index contributed by atoms with van der Waals surface area (Å²) in [6.45, 7) is 5.50. The fraction of sp³-hybridized carbons (Fsp3) is 0.632. The van der Waals surface area contributed by atoms with Crippen LogP contribution in [-0.2, 0) is 9.53 Å². The van der Waals surface area contributed by atoms with E-state index in [2.05, 4.69) is 9.88 Å². The van der Waals surface area contributed by atoms with E-state index in [1.165, 1.54) is 19.3 Å². The number of carbonyl (C=O) groups excluding carboxylic acids is 2. The molecule has 2 aliphatic heterocycles. The highest BCUT2D eigenvalue weighted by Gasteiger charge is 2.28. The van der Waals surface area contributed by atoms with Crippen molar-refractivity contribution >= 4 is 17.7 Å². The minimum atomic E-state index is -0.137. The minimum Gasteiger partial charge on any atom is -0.466 e. The number of nitrogens with zero attached hydrogens (tertiary/aromatic N) is 3. The topological polar surface area (TPSA) is 62.7 Å². The number of piperidine rings is 2. The van der Waals surface area contributed by atoms with Crippen LogP contribution in [0.1, 0.15) is 49.4 Å². The lowest BCUT2D eigenvalue weighted by Crippen LogP contribution is -2.40. The molecule has 2 aliphatic rings. The third-order valence-electron chi connectivity index (χ3n) is 5.08. The number of ether oxygens (including phenoxy) is 1. The normalized spacial score (nSPS) is 18.9. The average Bonchev–Trinajstić information content (AvgIpc) is 2.68.